The molecule has 5 nitrogen and oxygen atoms in total. The zero-order valence-electron chi connectivity index (χ0n) is 12.1. The number of nitrogens with zero attached hydrogens (tertiary/aromatic N) is 4. The van der Waals surface area contributed by atoms with Crippen LogP contribution in [0.1, 0.15) is 12.8 Å². The highest BCUT2D eigenvalue weighted by molar-refractivity contribution is 5.62. The van der Waals surface area contributed by atoms with Gasteiger partial charge in [0.05, 0.1) is 0 Å². The maximum absolute atomic E-state index is 4.06. The standard InChI is InChI=1S/C16H19N5/c1-21-16(18-19-20-21)13-3-2-4-15(9-13)17-10-14-8-11-5-6-12(14)7-11/h2-6,9,11-12,14,17H,7-8,10H2,1H3. The number of aromatic nitrogens is 4. The first-order valence-electron chi connectivity index (χ1n) is 7.54. The summed E-state index contributed by atoms with van der Waals surface area (Å²) in [5, 5.41) is 15.2. The maximum atomic E-state index is 4.06. The van der Waals surface area contributed by atoms with Crippen LogP contribution in [-0.4, -0.2) is 26.8 Å². The van der Waals surface area contributed by atoms with Crippen molar-refractivity contribution in [2.45, 2.75) is 12.8 Å². The highest BCUT2D eigenvalue weighted by Gasteiger charge is 2.35. The zero-order chi connectivity index (χ0) is 14.2. The zero-order valence-corrected chi connectivity index (χ0v) is 12.1. The molecular weight excluding hydrogens is 262 g/mol. The van der Waals surface area contributed by atoms with Gasteiger partial charge in [-0.25, -0.2) is 4.68 Å². The second kappa shape index (κ2) is 4.98. The van der Waals surface area contributed by atoms with Crippen molar-refractivity contribution < 1.29 is 0 Å². The fraction of sp³-hybridized carbons (Fsp3) is 0.438. The molecule has 0 radical (unpaired) electrons. The smallest absolute Gasteiger partial charge is 0.181 e. The van der Waals surface area contributed by atoms with Crippen molar-refractivity contribution in [3.05, 3.63) is 36.4 Å². The molecule has 1 heterocycles. The van der Waals surface area contributed by atoms with E-state index in [1.807, 2.05) is 19.2 Å². The second-order valence-corrected chi connectivity index (χ2v) is 6.13. The van der Waals surface area contributed by atoms with Gasteiger partial charge in [0.1, 0.15) is 0 Å². The molecule has 21 heavy (non-hydrogen) atoms. The van der Waals surface area contributed by atoms with Crippen molar-refractivity contribution in [1.29, 1.82) is 0 Å². The van der Waals surface area contributed by atoms with Gasteiger partial charge in [-0.05, 0) is 53.2 Å². The molecule has 1 aromatic carbocycles. The molecule has 2 bridgehead atoms. The molecule has 0 spiro atoms. The number of aryl methyl sites for hydroxylation is 1. The molecule has 4 rings (SSSR count). The Hall–Kier alpha value is -2.17. The molecule has 0 aliphatic heterocycles. The van der Waals surface area contributed by atoms with Gasteiger partial charge in [0, 0.05) is 24.8 Å². The summed E-state index contributed by atoms with van der Waals surface area (Å²) in [6.07, 6.45) is 7.49. The molecule has 1 saturated carbocycles. The van der Waals surface area contributed by atoms with Crippen molar-refractivity contribution in [3.63, 3.8) is 0 Å². The minimum absolute atomic E-state index is 0.778. The largest absolute Gasteiger partial charge is 0.385 e. The molecule has 3 unspecified atom stereocenters. The van der Waals surface area contributed by atoms with Gasteiger partial charge in [0.25, 0.3) is 0 Å². The number of nitrogens with one attached hydrogen (secondary N) is 1. The van der Waals surface area contributed by atoms with Crippen molar-refractivity contribution in [2.24, 2.45) is 24.8 Å². The summed E-state index contributed by atoms with van der Waals surface area (Å²) in [5.41, 5.74) is 2.18. The van der Waals surface area contributed by atoms with Crippen LogP contribution in [0, 0.1) is 17.8 Å². The molecule has 0 amide bonds. The summed E-state index contributed by atoms with van der Waals surface area (Å²) in [4.78, 5) is 0. The van der Waals surface area contributed by atoms with E-state index in [1.54, 1.807) is 4.68 Å². The summed E-state index contributed by atoms with van der Waals surface area (Å²) in [6, 6.07) is 8.31. The first-order valence-corrected chi connectivity index (χ1v) is 7.54. The van der Waals surface area contributed by atoms with Crippen LogP contribution in [-0.2, 0) is 7.05 Å². The third-order valence-corrected chi connectivity index (χ3v) is 4.73. The Morgan fingerprint density at radius 3 is 2.95 bits per heavy atom. The van der Waals surface area contributed by atoms with E-state index in [2.05, 4.69) is 45.1 Å². The van der Waals surface area contributed by atoms with E-state index in [1.165, 1.54) is 12.8 Å². The quantitative estimate of drug-likeness (QED) is 0.875. The fourth-order valence-corrected chi connectivity index (χ4v) is 3.62. The molecule has 108 valence electrons. The molecule has 5 heteroatoms. The van der Waals surface area contributed by atoms with Crippen molar-refractivity contribution in [2.75, 3.05) is 11.9 Å². The highest BCUT2D eigenvalue weighted by Crippen LogP contribution is 2.43. The monoisotopic (exact) mass is 281 g/mol. The minimum Gasteiger partial charge on any atom is -0.385 e. The van der Waals surface area contributed by atoms with Crippen molar-refractivity contribution in [3.8, 4) is 11.4 Å². The number of allylic oxidation sites excluding steroid dienone is 2. The van der Waals surface area contributed by atoms with Crippen molar-refractivity contribution >= 4 is 5.69 Å². The Kier molecular flexibility index (Phi) is 2.98. The topological polar surface area (TPSA) is 55.6 Å². The van der Waals surface area contributed by atoms with Crippen LogP contribution in [0.4, 0.5) is 5.69 Å². The van der Waals surface area contributed by atoms with Gasteiger partial charge < -0.3 is 5.32 Å². The number of fused-ring (bicyclic) bond motifs is 2. The Morgan fingerprint density at radius 1 is 1.29 bits per heavy atom. The molecule has 2 aromatic rings. The van der Waals surface area contributed by atoms with Gasteiger partial charge >= 0.3 is 0 Å². The van der Waals surface area contributed by atoms with E-state index in [-0.39, 0.29) is 0 Å². The summed E-state index contributed by atoms with van der Waals surface area (Å²) in [5.74, 6) is 3.19. The van der Waals surface area contributed by atoms with Crippen LogP contribution < -0.4 is 5.32 Å². The molecule has 1 N–H and O–H groups in total. The van der Waals surface area contributed by atoms with Crippen LogP contribution in [0.25, 0.3) is 11.4 Å². The molecular formula is C16H19N5. The minimum atomic E-state index is 0.778. The van der Waals surface area contributed by atoms with Gasteiger partial charge in [0.15, 0.2) is 5.82 Å². The second-order valence-electron chi connectivity index (χ2n) is 6.13. The number of rotatable bonds is 4. The van der Waals surface area contributed by atoms with Gasteiger partial charge in [-0.2, -0.15) is 0 Å². The molecule has 2 aliphatic rings. The lowest BCUT2D eigenvalue weighted by Gasteiger charge is -2.19. The van der Waals surface area contributed by atoms with E-state index >= 15 is 0 Å². The Balaban J connectivity index is 1.46. The first-order chi connectivity index (χ1) is 10.3. The third kappa shape index (κ3) is 2.33. The Morgan fingerprint density at radius 2 is 2.24 bits per heavy atom. The van der Waals surface area contributed by atoms with Gasteiger partial charge in [-0.15, -0.1) is 5.10 Å². The lowest BCUT2D eigenvalue weighted by Crippen LogP contribution is -2.18. The number of anilines is 1. The molecule has 0 saturated heterocycles. The lowest BCUT2D eigenvalue weighted by atomic mass is 9.93. The molecule has 2 aliphatic carbocycles. The first kappa shape index (κ1) is 12.6. The molecule has 1 aromatic heterocycles. The fourth-order valence-electron chi connectivity index (χ4n) is 3.62. The summed E-state index contributed by atoms with van der Waals surface area (Å²) in [6.45, 7) is 1.05. The lowest BCUT2D eigenvalue weighted by molar-refractivity contribution is 0.472. The summed E-state index contributed by atoms with van der Waals surface area (Å²) >= 11 is 0. The van der Waals surface area contributed by atoms with E-state index in [0.717, 1.165) is 41.4 Å². The van der Waals surface area contributed by atoms with Crippen molar-refractivity contribution in [1.82, 2.24) is 20.2 Å². The summed E-state index contributed by atoms with van der Waals surface area (Å²) < 4.78 is 1.69. The number of benzene rings is 1. The Labute approximate surface area is 124 Å². The van der Waals surface area contributed by atoms with Gasteiger partial charge in [-0.1, -0.05) is 24.3 Å². The van der Waals surface area contributed by atoms with Crippen LogP contribution in [0.15, 0.2) is 36.4 Å². The SMILES string of the molecule is Cn1nnnc1-c1cccc(NCC2CC3C=CC2C3)c1. The van der Waals surface area contributed by atoms with E-state index in [9.17, 15) is 0 Å². The molecule has 1 fully saturated rings. The van der Waals surface area contributed by atoms with Crippen LogP contribution >= 0.6 is 0 Å². The molecule has 3 atom stereocenters. The summed E-state index contributed by atoms with van der Waals surface area (Å²) in [7, 11) is 1.86. The normalized spacial score (nSPS) is 26.4. The average molecular weight is 281 g/mol. The van der Waals surface area contributed by atoms with Crippen LogP contribution in [0.3, 0.4) is 0 Å². The highest BCUT2D eigenvalue weighted by atomic mass is 15.5. The third-order valence-electron chi connectivity index (χ3n) is 4.73. The average Bonchev–Trinajstić information content (AvgIpc) is 3.21. The van der Waals surface area contributed by atoms with E-state index in [0.29, 0.717) is 0 Å². The van der Waals surface area contributed by atoms with Crippen LogP contribution in [0.5, 0.6) is 0 Å². The number of hydrogen-bond donors (Lipinski definition) is 1. The predicted octanol–water partition coefficient (Wildman–Crippen LogP) is 2.50. The van der Waals surface area contributed by atoms with E-state index < -0.39 is 0 Å². The maximum Gasteiger partial charge on any atom is 0.181 e. The van der Waals surface area contributed by atoms with Crippen LogP contribution in [0.2, 0.25) is 0 Å². The van der Waals surface area contributed by atoms with Gasteiger partial charge in [0.2, 0.25) is 0 Å². The predicted molar refractivity (Wildman–Crippen MR) is 81.6 cm³/mol. The van der Waals surface area contributed by atoms with E-state index in [4.69, 9.17) is 0 Å². The Bertz CT molecular complexity index is 675. The van der Waals surface area contributed by atoms with Gasteiger partial charge in [-0.3, -0.25) is 0 Å². The number of tetrazole rings is 1. The number of hydrogen-bond acceptors (Lipinski definition) is 4.